The van der Waals surface area contributed by atoms with Gasteiger partial charge in [0.1, 0.15) is 5.82 Å². The first-order valence-corrected chi connectivity index (χ1v) is 6.37. The van der Waals surface area contributed by atoms with E-state index >= 15 is 0 Å². The summed E-state index contributed by atoms with van der Waals surface area (Å²) in [5.74, 6) is -0.330. The molecule has 0 aliphatic carbocycles. The van der Waals surface area contributed by atoms with Gasteiger partial charge in [0.2, 0.25) is 0 Å². The van der Waals surface area contributed by atoms with Gasteiger partial charge >= 0.3 is 0 Å². The fourth-order valence-electron chi connectivity index (χ4n) is 2.16. The number of benzene rings is 1. The summed E-state index contributed by atoms with van der Waals surface area (Å²) < 4.78 is 13.4. The number of rotatable bonds is 6. The summed E-state index contributed by atoms with van der Waals surface area (Å²) in [7, 11) is 4.11. The Morgan fingerprint density at radius 3 is 2.56 bits per heavy atom. The average Bonchev–Trinajstić information content (AvgIpc) is 2.30. The first kappa shape index (κ1) is 14.9. The van der Waals surface area contributed by atoms with Crippen molar-refractivity contribution in [2.75, 3.05) is 32.9 Å². The molecule has 18 heavy (non-hydrogen) atoms. The van der Waals surface area contributed by atoms with Crippen LogP contribution in [0.2, 0.25) is 0 Å². The van der Waals surface area contributed by atoms with Gasteiger partial charge in [-0.2, -0.15) is 0 Å². The third-order valence-electron chi connectivity index (χ3n) is 3.18. The van der Waals surface area contributed by atoms with Gasteiger partial charge in [-0.1, -0.05) is 19.1 Å². The monoisotopic (exact) mass is 253 g/mol. The maximum atomic E-state index is 13.4. The van der Waals surface area contributed by atoms with E-state index in [2.05, 4.69) is 37.7 Å². The lowest BCUT2D eigenvalue weighted by molar-refractivity contribution is 0.174. The Labute approximate surface area is 109 Å². The van der Waals surface area contributed by atoms with E-state index < -0.39 is 0 Å². The first-order valence-electron chi connectivity index (χ1n) is 6.37. The molecule has 0 saturated carbocycles. The van der Waals surface area contributed by atoms with Crippen molar-refractivity contribution in [2.45, 2.75) is 26.4 Å². The van der Waals surface area contributed by atoms with Crippen LogP contribution in [0.1, 0.15) is 19.4 Å². The smallest absolute Gasteiger partial charge is 0.146 e. The molecule has 0 aromatic heterocycles. The molecule has 3 nitrogen and oxygen atoms in total. The Kier molecular flexibility index (Phi) is 5.56. The van der Waals surface area contributed by atoms with Crippen LogP contribution in [0.4, 0.5) is 10.1 Å². The first-order chi connectivity index (χ1) is 8.45. The van der Waals surface area contributed by atoms with Gasteiger partial charge < -0.3 is 10.6 Å². The molecule has 1 atom stereocenters. The molecule has 0 heterocycles. The quantitative estimate of drug-likeness (QED) is 0.789. The van der Waals surface area contributed by atoms with E-state index in [4.69, 9.17) is 5.73 Å². The predicted molar refractivity (Wildman–Crippen MR) is 74.9 cm³/mol. The fourth-order valence-corrected chi connectivity index (χ4v) is 2.16. The summed E-state index contributed by atoms with van der Waals surface area (Å²) in [5.41, 5.74) is 6.91. The van der Waals surface area contributed by atoms with Gasteiger partial charge in [0, 0.05) is 19.1 Å². The standard InChI is InChI=1S/C14H24FN3/c1-5-18(11(2)9-17(3)4)10-12-7-6-8-13(15)14(12)16/h6-8,11H,5,9-10,16H2,1-4H3. The van der Waals surface area contributed by atoms with Crippen molar-refractivity contribution in [3.63, 3.8) is 0 Å². The van der Waals surface area contributed by atoms with Gasteiger partial charge in [0.05, 0.1) is 5.69 Å². The second kappa shape index (κ2) is 6.71. The molecule has 2 N–H and O–H groups in total. The molecular formula is C14H24FN3. The molecule has 0 spiro atoms. The Hall–Kier alpha value is -1.13. The number of hydrogen-bond acceptors (Lipinski definition) is 3. The number of nitrogens with zero attached hydrogens (tertiary/aromatic N) is 2. The van der Waals surface area contributed by atoms with Gasteiger partial charge in [-0.25, -0.2) is 4.39 Å². The van der Waals surface area contributed by atoms with E-state index in [1.54, 1.807) is 6.07 Å². The van der Waals surface area contributed by atoms with Crippen molar-refractivity contribution in [3.8, 4) is 0 Å². The van der Waals surface area contributed by atoms with Gasteiger partial charge in [-0.05, 0) is 39.2 Å². The van der Waals surface area contributed by atoms with Crippen LogP contribution < -0.4 is 5.73 Å². The molecule has 0 saturated heterocycles. The minimum Gasteiger partial charge on any atom is -0.396 e. The molecule has 1 aromatic carbocycles. The number of para-hydroxylation sites is 1. The molecule has 0 bridgehead atoms. The molecule has 1 rings (SSSR count). The van der Waals surface area contributed by atoms with Gasteiger partial charge in [-0.15, -0.1) is 0 Å². The summed E-state index contributed by atoms with van der Waals surface area (Å²) in [5, 5.41) is 0. The Morgan fingerprint density at radius 1 is 1.33 bits per heavy atom. The van der Waals surface area contributed by atoms with Crippen LogP contribution in [-0.4, -0.2) is 43.0 Å². The second-order valence-corrected chi connectivity index (χ2v) is 4.99. The van der Waals surface area contributed by atoms with Gasteiger partial charge in [-0.3, -0.25) is 4.90 Å². The molecule has 0 fully saturated rings. The van der Waals surface area contributed by atoms with Crippen LogP contribution >= 0.6 is 0 Å². The summed E-state index contributed by atoms with van der Waals surface area (Å²) in [6.45, 7) is 6.88. The zero-order chi connectivity index (χ0) is 13.7. The predicted octanol–water partition coefficient (Wildman–Crippen LogP) is 2.18. The van der Waals surface area contributed by atoms with Crippen molar-refractivity contribution in [2.24, 2.45) is 0 Å². The van der Waals surface area contributed by atoms with E-state index in [0.29, 0.717) is 12.6 Å². The molecule has 0 aliphatic rings. The van der Waals surface area contributed by atoms with E-state index in [1.807, 2.05) is 6.07 Å². The summed E-state index contributed by atoms with van der Waals surface area (Å²) >= 11 is 0. The summed E-state index contributed by atoms with van der Waals surface area (Å²) in [4.78, 5) is 4.45. The number of nitrogens with two attached hydrogens (primary N) is 1. The number of anilines is 1. The van der Waals surface area contributed by atoms with Crippen LogP contribution in [0.25, 0.3) is 0 Å². The zero-order valence-corrected chi connectivity index (χ0v) is 11.8. The number of likely N-dealkylation sites (N-methyl/N-ethyl adjacent to an activating group) is 2. The highest BCUT2D eigenvalue weighted by atomic mass is 19.1. The van der Waals surface area contributed by atoms with Crippen molar-refractivity contribution >= 4 is 5.69 Å². The highest BCUT2D eigenvalue weighted by Crippen LogP contribution is 2.18. The summed E-state index contributed by atoms with van der Waals surface area (Å²) in [6, 6.07) is 5.42. The van der Waals surface area contributed by atoms with Crippen molar-refractivity contribution in [1.82, 2.24) is 9.80 Å². The minimum atomic E-state index is -0.330. The topological polar surface area (TPSA) is 32.5 Å². The largest absolute Gasteiger partial charge is 0.396 e. The van der Waals surface area contributed by atoms with Gasteiger partial charge in [0.25, 0.3) is 0 Å². The van der Waals surface area contributed by atoms with Crippen molar-refractivity contribution in [3.05, 3.63) is 29.6 Å². The van der Waals surface area contributed by atoms with Crippen LogP contribution in [-0.2, 0) is 6.54 Å². The molecule has 102 valence electrons. The van der Waals surface area contributed by atoms with E-state index in [9.17, 15) is 4.39 Å². The lowest BCUT2D eigenvalue weighted by Gasteiger charge is -2.30. The normalized spacial score (nSPS) is 13.3. The van der Waals surface area contributed by atoms with Crippen LogP contribution in [0, 0.1) is 5.82 Å². The van der Waals surface area contributed by atoms with Crippen LogP contribution in [0.5, 0.6) is 0 Å². The molecule has 0 amide bonds. The third kappa shape index (κ3) is 3.96. The highest BCUT2D eigenvalue weighted by Gasteiger charge is 2.15. The Morgan fingerprint density at radius 2 is 2.00 bits per heavy atom. The molecule has 0 radical (unpaired) electrons. The Bertz CT molecular complexity index is 379. The van der Waals surface area contributed by atoms with Crippen molar-refractivity contribution in [1.29, 1.82) is 0 Å². The molecule has 4 heteroatoms. The lowest BCUT2D eigenvalue weighted by Crippen LogP contribution is -2.39. The number of hydrogen-bond donors (Lipinski definition) is 1. The SMILES string of the molecule is CCN(Cc1cccc(F)c1N)C(C)CN(C)C. The van der Waals surface area contributed by atoms with Crippen LogP contribution in [0.3, 0.4) is 0 Å². The maximum absolute atomic E-state index is 13.4. The van der Waals surface area contributed by atoms with Gasteiger partial charge in [0.15, 0.2) is 0 Å². The van der Waals surface area contributed by atoms with E-state index in [0.717, 1.165) is 18.7 Å². The second-order valence-electron chi connectivity index (χ2n) is 4.99. The molecular weight excluding hydrogens is 229 g/mol. The van der Waals surface area contributed by atoms with Crippen LogP contribution in [0.15, 0.2) is 18.2 Å². The maximum Gasteiger partial charge on any atom is 0.146 e. The number of nitrogen functional groups attached to an aromatic ring is 1. The van der Waals surface area contributed by atoms with E-state index in [-0.39, 0.29) is 11.5 Å². The number of halogens is 1. The molecule has 1 aromatic rings. The average molecular weight is 253 g/mol. The zero-order valence-electron chi connectivity index (χ0n) is 11.8. The third-order valence-corrected chi connectivity index (χ3v) is 3.18. The Balaban J connectivity index is 2.76. The molecule has 1 unspecified atom stereocenters. The van der Waals surface area contributed by atoms with Crippen molar-refractivity contribution < 1.29 is 4.39 Å². The summed E-state index contributed by atoms with van der Waals surface area (Å²) in [6.07, 6.45) is 0. The van der Waals surface area contributed by atoms with E-state index in [1.165, 1.54) is 6.07 Å². The highest BCUT2D eigenvalue weighted by molar-refractivity contribution is 5.47. The minimum absolute atomic E-state index is 0.271. The lowest BCUT2D eigenvalue weighted by atomic mass is 10.1. The fraction of sp³-hybridized carbons (Fsp3) is 0.571. The molecule has 0 aliphatic heterocycles.